The fourth-order valence-electron chi connectivity index (χ4n) is 2.07. The minimum Gasteiger partial charge on any atom is -0.481 e. The zero-order valence-corrected chi connectivity index (χ0v) is 13.2. The van der Waals surface area contributed by atoms with Crippen molar-refractivity contribution in [2.75, 3.05) is 6.54 Å². The molecule has 6 nitrogen and oxygen atoms in total. The van der Waals surface area contributed by atoms with E-state index in [-0.39, 0.29) is 18.4 Å². The van der Waals surface area contributed by atoms with Crippen molar-refractivity contribution in [3.8, 4) is 0 Å². The molecule has 0 aliphatic carbocycles. The van der Waals surface area contributed by atoms with Crippen molar-refractivity contribution in [1.82, 2.24) is 15.6 Å². The number of carboxylic acid groups (broad SMARTS) is 1. The summed E-state index contributed by atoms with van der Waals surface area (Å²) >= 11 is 0. The number of rotatable bonds is 10. The molecule has 0 unspecified atom stereocenters. The molecule has 0 fully saturated rings. The van der Waals surface area contributed by atoms with E-state index in [0.29, 0.717) is 31.8 Å². The fourth-order valence-corrected chi connectivity index (χ4v) is 2.07. The van der Waals surface area contributed by atoms with Gasteiger partial charge in [0, 0.05) is 12.6 Å². The molecule has 1 aromatic heterocycles. The third kappa shape index (κ3) is 7.73. The number of nitrogens with one attached hydrogen (secondary N) is 2. The topological polar surface area (TPSA) is 91.3 Å². The van der Waals surface area contributed by atoms with E-state index >= 15 is 0 Å². The van der Waals surface area contributed by atoms with Gasteiger partial charge in [0.25, 0.3) is 0 Å². The van der Waals surface area contributed by atoms with E-state index in [1.54, 1.807) is 6.20 Å². The highest BCUT2D eigenvalue weighted by Crippen LogP contribution is 2.06. The SMILES string of the molecule is CC(C)C[C@H](NCCCC(=O)O)C(=O)NCc1ccccn1. The largest absolute Gasteiger partial charge is 0.481 e. The smallest absolute Gasteiger partial charge is 0.303 e. The van der Waals surface area contributed by atoms with Crippen LogP contribution in [0.1, 0.15) is 38.8 Å². The zero-order chi connectivity index (χ0) is 16.4. The molecule has 1 heterocycles. The molecule has 0 radical (unpaired) electrons. The predicted molar refractivity (Wildman–Crippen MR) is 84.2 cm³/mol. The summed E-state index contributed by atoms with van der Waals surface area (Å²) in [6.45, 7) is 5.02. The van der Waals surface area contributed by atoms with Crippen molar-refractivity contribution in [2.45, 2.75) is 45.7 Å². The molecule has 1 aromatic rings. The number of nitrogens with zero attached hydrogens (tertiary/aromatic N) is 1. The Kier molecular flexibility index (Phi) is 8.14. The van der Waals surface area contributed by atoms with Crippen LogP contribution in [0, 0.1) is 5.92 Å². The molecular weight excluding hydrogens is 282 g/mol. The van der Waals surface area contributed by atoms with Crippen LogP contribution < -0.4 is 10.6 Å². The van der Waals surface area contributed by atoms with Crippen LogP contribution in [0.3, 0.4) is 0 Å². The Hall–Kier alpha value is -1.95. The van der Waals surface area contributed by atoms with E-state index in [0.717, 1.165) is 5.69 Å². The Morgan fingerprint density at radius 1 is 1.32 bits per heavy atom. The minimum atomic E-state index is -0.818. The van der Waals surface area contributed by atoms with Gasteiger partial charge in [-0.2, -0.15) is 0 Å². The standard InChI is InChI=1S/C16H25N3O3/c1-12(2)10-14(18-9-5-7-15(20)21)16(22)19-11-13-6-3-4-8-17-13/h3-4,6,8,12,14,18H,5,7,9-11H2,1-2H3,(H,19,22)(H,20,21)/t14-/m0/s1. The number of hydrogen-bond donors (Lipinski definition) is 3. The summed E-state index contributed by atoms with van der Waals surface area (Å²) in [7, 11) is 0. The van der Waals surface area contributed by atoms with E-state index in [1.807, 2.05) is 18.2 Å². The first-order chi connectivity index (χ1) is 10.5. The monoisotopic (exact) mass is 307 g/mol. The van der Waals surface area contributed by atoms with Gasteiger partial charge in [-0.15, -0.1) is 0 Å². The van der Waals surface area contributed by atoms with Gasteiger partial charge in [-0.25, -0.2) is 0 Å². The Bertz CT molecular complexity index is 463. The Morgan fingerprint density at radius 2 is 2.09 bits per heavy atom. The molecule has 1 rings (SSSR count). The molecule has 1 amide bonds. The van der Waals surface area contributed by atoms with Crippen molar-refractivity contribution in [3.05, 3.63) is 30.1 Å². The molecule has 0 aromatic carbocycles. The van der Waals surface area contributed by atoms with Gasteiger partial charge in [-0.1, -0.05) is 19.9 Å². The van der Waals surface area contributed by atoms with Crippen LogP contribution in [0.5, 0.6) is 0 Å². The fraction of sp³-hybridized carbons (Fsp3) is 0.562. The number of carboxylic acids is 1. The van der Waals surface area contributed by atoms with Crippen molar-refractivity contribution in [3.63, 3.8) is 0 Å². The zero-order valence-electron chi connectivity index (χ0n) is 13.2. The number of aliphatic carboxylic acids is 1. The first-order valence-corrected chi connectivity index (χ1v) is 7.62. The molecule has 22 heavy (non-hydrogen) atoms. The van der Waals surface area contributed by atoms with Crippen LogP contribution in [0.4, 0.5) is 0 Å². The third-order valence-corrected chi connectivity index (χ3v) is 3.15. The van der Waals surface area contributed by atoms with E-state index < -0.39 is 5.97 Å². The second-order valence-corrected chi connectivity index (χ2v) is 5.67. The molecule has 0 bridgehead atoms. The number of amides is 1. The molecule has 1 atom stereocenters. The summed E-state index contributed by atoms with van der Waals surface area (Å²) in [5, 5.41) is 14.7. The lowest BCUT2D eigenvalue weighted by Gasteiger charge is -2.20. The van der Waals surface area contributed by atoms with Gasteiger partial charge in [0.05, 0.1) is 18.3 Å². The molecule has 0 aliphatic rings. The summed E-state index contributed by atoms with van der Waals surface area (Å²) in [4.78, 5) is 26.9. The minimum absolute atomic E-state index is 0.0744. The van der Waals surface area contributed by atoms with Crippen LogP contribution in [0.2, 0.25) is 0 Å². The normalized spacial score (nSPS) is 12.1. The van der Waals surface area contributed by atoms with Crippen LogP contribution >= 0.6 is 0 Å². The molecule has 0 saturated carbocycles. The van der Waals surface area contributed by atoms with Crippen LogP contribution in [0.25, 0.3) is 0 Å². The molecule has 3 N–H and O–H groups in total. The molecular formula is C16H25N3O3. The van der Waals surface area contributed by atoms with Crippen LogP contribution in [-0.4, -0.2) is 34.6 Å². The second-order valence-electron chi connectivity index (χ2n) is 5.67. The summed E-state index contributed by atoms with van der Waals surface area (Å²) < 4.78 is 0. The van der Waals surface area contributed by atoms with Crippen LogP contribution in [0.15, 0.2) is 24.4 Å². The lowest BCUT2D eigenvalue weighted by Crippen LogP contribution is -2.45. The van der Waals surface area contributed by atoms with Gasteiger partial charge in [-0.05, 0) is 37.4 Å². The predicted octanol–water partition coefficient (Wildman–Crippen LogP) is 1.57. The maximum atomic E-state index is 12.3. The maximum Gasteiger partial charge on any atom is 0.303 e. The Morgan fingerprint density at radius 3 is 2.68 bits per heavy atom. The molecule has 0 aliphatic heterocycles. The highest BCUT2D eigenvalue weighted by Gasteiger charge is 2.18. The maximum absolute atomic E-state index is 12.3. The first-order valence-electron chi connectivity index (χ1n) is 7.62. The van der Waals surface area contributed by atoms with Crippen molar-refractivity contribution in [2.24, 2.45) is 5.92 Å². The second kappa shape index (κ2) is 9.89. The Balaban J connectivity index is 2.43. The number of pyridine rings is 1. The van der Waals surface area contributed by atoms with Gasteiger partial charge in [0.15, 0.2) is 0 Å². The number of hydrogen-bond acceptors (Lipinski definition) is 4. The van der Waals surface area contributed by atoms with Crippen molar-refractivity contribution < 1.29 is 14.7 Å². The molecule has 0 spiro atoms. The van der Waals surface area contributed by atoms with Gasteiger partial charge in [-0.3, -0.25) is 14.6 Å². The first kappa shape index (κ1) is 18.1. The summed E-state index contributed by atoms with van der Waals surface area (Å²) in [6.07, 6.45) is 3.02. The number of aromatic nitrogens is 1. The third-order valence-electron chi connectivity index (χ3n) is 3.15. The van der Waals surface area contributed by atoms with E-state index in [9.17, 15) is 9.59 Å². The van der Waals surface area contributed by atoms with E-state index in [4.69, 9.17) is 5.11 Å². The average molecular weight is 307 g/mol. The van der Waals surface area contributed by atoms with Gasteiger partial charge >= 0.3 is 5.97 Å². The van der Waals surface area contributed by atoms with Crippen molar-refractivity contribution >= 4 is 11.9 Å². The molecule has 122 valence electrons. The van der Waals surface area contributed by atoms with Gasteiger partial charge in [0.2, 0.25) is 5.91 Å². The quantitative estimate of drug-likeness (QED) is 0.571. The lowest BCUT2D eigenvalue weighted by molar-refractivity contribution is -0.137. The van der Waals surface area contributed by atoms with E-state index in [1.165, 1.54) is 0 Å². The number of carbonyl (C=O) groups is 2. The highest BCUT2D eigenvalue weighted by molar-refractivity contribution is 5.81. The summed E-state index contributed by atoms with van der Waals surface area (Å²) in [5.41, 5.74) is 0.810. The number of carbonyl (C=O) groups excluding carboxylic acids is 1. The molecule has 0 saturated heterocycles. The average Bonchev–Trinajstić information content (AvgIpc) is 2.48. The van der Waals surface area contributed by atoms with Gasteiger partial charge in [0.1, 0.15) is 0 Å². The summed E-state index contributed by atoms with van der Waals surface area (Å²) in [6, 6.07) is 5.26. The molecule has 6 heteroatoms. The highest BCUT2D eigenvalue weighted by atomic mass is 16.4. The Labute approximate surface area is 131 Å². The van der Waals surface area contributed by atoms with Crippen molar-refractivity contribution in [1.29, 1.82) is 0 Å². The van der Waals surface area contributed by atoms with Gasteiger partial charge < -0.3 is 15.7 Å². The lowest BCUT2D eigenvalue weighted by atomic mass is 10.0. The van der Waals surface area contributed by atoms with E-state index in [2.05, 4.69) is 29.5 Å². The van der Waals surface area contributed by atoms with Crippen LogP contribution in [-0.2, 0) is 16.1 Å². The summed E-state index contributed by atoms with van der Waals surface area (Å²) in [5.74, 6) is -0.519.